The molecule has 0 aliphatic rings. The van der Waals surface area contributed by atoms with Crippen molar-refractivity contribution in [2.75, 3.05) is 12.4 Å². The van der Waals surface area contributed by atoms with E-state index < -0.39 is 10.8 Å². The molecule has 3 rings (SSSR count). The molecule has 0 spiro atoms. The molecule has 0 saturated carbocycles. The second-order valence-electron chi connectivity index (χ2n) is 6.11. The molecule has 1 N–H and O–H groups in total. The molecule has 8 nitrogen and oxygen atoms in total. The van der Waals surface area contributed by atoms with E-state index >= 15 is 0 Å². The van der Waals surface area contributed by atoms with E-state index in [-0.39, 0.29) is 34.8 Å². The SMILES string of the molecule is COc1cc([N+](=O)[O-])ccc1NC(=O)c1ccc(=O)n(Cc2ccc(Cl)cc2)c1. The average molecular weight is 414 g/mol. The maximum Gasteiger partial charge on any atom is 0.273 e. The number of halogens is 1. The number of ether oxygens (including phenoxy) is 1. The molecule has 0 radical (unpaired) electrons. The number of pyridine rings is 1. The Labute approximate surface area is 170 Å². The van der Waals surface area contributed by atoms with Gasteiger partial charge in [-0.25, -0.2) is 0 Å². The van der Waals surface area contributed by atoms with Crippen LogP contribution < -0.4 is 15.6 Å². The zero-order valence-electron chi connectivity index (χ0n) is 15.3. The number of methoxy groups -OCH3 is 1. The summed E-state index contributed by atoms with van der Waals surface area (Å²) >= 11 is 5.87. The normalized spacial score (nSPS) is 10.4. The number of carbonyl (C=O) groups is 1. The van der Waals surface area contributed by atoms with E-state index in [9.17, 15) is 19.7 Å². The van der Waals surface area contributed by atoms with Gasteiger partial charge < -0.3 is 14.6 Å². The van der Waals surface area contributed by atoms with Gasteiger partial charge in [0.15, 0.2) is 0 Å². The zero-order chi connectivity index (χ0) is 21.0. The van der Waals surface area contributed by atoms with Crippen LogP contribution in [0.4, 0.5) is 11.4 Å². The second-order valence-corrected chi connectivity index (χ2v) is 6.54. The molecule has 1 heterocycles. The Morgan fingerprint density at radius 2 is 1.90 bits per heavy atom. The first-order chi connectivity index (χ1) is 13.9. The standard InChI is InChI=1S/C20H16ClN3O5/c1-29-18-10-16(24(27)28)7-8-17(18)22-20(26)14-4-9-19(25)23(12-14)11-13-2-5-15(21)6-3-13/h2-10,12H,11H2,1H3,(H,22,26). The molecule has 0 bridgehead atoms. The highest BCUT2D eigenvalue weighted by molar-refractivity contribution is 6.30. The first-order valence-corrected chi connectivity index (χ1v) is 8.84. The Bertz CT molecular complexity index is 1130. The summed E-state index contributed by atoms with van der Waals surface area (Å²) in [6.45, 7) is 0.276. The predicted octanol–water partition coefficient (Wildman–Crippen LogP) is 3.72. The number of nitrogens with zero attached hydrogens (tertiary/aromatic N) is 2. The number of hydrogen-bond acceptors (Lipinski definition) is 5. The number of hydrogen-bond donors (Lipinski definition) is 1. The molecule has 0 aliphatic carbocycles. The lowest BCUT2D eigenvalue weighted by atomic mass is 10.2. The van der Waals surface area contributed by atoms with Crippen molar-refractivity contribution < 1.29 is 14.5 Å². The molecular weight excluding hydrogens is 398 g/mol. The number of rotatable bonds is 6. The number of anilines is 1. The van der Waals surface area contributed by atoms with Crippen LogP contribution in [0.5, 0.6) is 5.75 Å². The maximum atomic E-state index is 12.6. The third kappa shape index (κ3) is 4.80. The van der Waals surface area contributed by atoms with Crippen LogP contribution in [0.15, 0.2) is 65.6 Å². The summed E-state index contributed by atoms with van der Waals surface area (Å²) in [5.41, 5.74) is 0.962. The van der Waals surface area contributed by atoms with Crippen LogP contribution >= 0.6 is 11.6 Å². The first kappa shape index (κ1) is 20.1. The Morgan fingerprint density at radius 1 is 1.17 bits per heavy atom. The number of nitro benzene ring substituents is 1. The molecular formula is C20H16ClN3O5. The van der Waals surface area contributed by atoms with Crippen molar-refractivity contribution in [2.24, 2.45) is 0 Å². The van der Waals surface area contributed by atoms with Gasteiger partial charge in [0.05, 0.1) is 35.9 Å². The fourth-order valence-corrected chi connectivity index (χ4v) is 2.79. The lowest BCUT2D eigenvalue weighted by Crippen LogP contribution is -2.22. The highest BCUT2D eigenvalue weighted by atomic mass is 35.5. The minimum absolute atomic E-state index is 0.155. The number of aromatic nitrogens is 1. The average Bonchev–Trinajstić information content (AvgIpc) is 2.71. The highest BCUT2D eigenvalue weighted by Gasteiger charge is 2.15. The smallest absolute Gasteiger partial charge is 0.273 e. The van der Waals surface area contributed by atoms with E-state index in [0.29, 0.717) is 5.02 Å². The molecule has 9 heteroatoms. The summed E-state index contributed by atoms with van der Waals surface area (Å²) in [5.74, 6) is -0.330. The summed E-state index contributed by atoms with van der Waals surface area (Å²) in [6, 6.07) is 13.6. The van der Waals surface area contributed by atoms with Gasteiger partial charge in [0.1, 0.15) is 5.75 Å². The Balaban J connectivity index is 1.84. The van der Waals surface area contributed by atoms with Crippen molar-refractivity contribution >= 4 is 28.9 Å². The predicted molar refractivity (Wildman–Crippen MR) is 109 cm³/mol. The minimum atomic E-state index is -0.555. The van der Waals surface area contributed by atoms with Gasteiger partial charge in [0, 0.05) is 23.4 Å². The van der Waals surface area contributed by atoms with Gasteiger partial charge in [0.2, 0.25) is 0 Å². The lowest BCUT2D eigenvalue weighted by Gasteiger charge is -2.11. The van der Waals surface area contributed by atoms with Crippen molar-refractivity contribution in [3.8, 4) is 5.75 Å². The fourth-order valence-electron chi connectivity index (χ4n) is 2.67. The van der Waals surface area contributed by atoms with Gasteiger partial charge in [-0.05, 0) is 29.8 Å². The van der Waals surface area contributed by atoms with Crippen molar-refractivity contribution in [2.45, 2.75) is 6.54 Å². The monoisotopic (exact) mass is 413 g/mol. The number of carbonyl (C=O) groups excluding carboxylic acids is 1. The topological polar surface area (TPSA) is 103 Å². The van der Waals surface area contributed by atoms with Gasteiger partial charge in [-0.3, -0.25) is 19.7 Å². The van der Waals surface area contributed by atoms with E-state index in [0.717, 1.165) is 5.56 Å². The minimum Gasteiger partial charge on any atom is -0.494 e. The van der Waals surface area contributed by atoms with Crippen LogP contribution in [-0.4, -0.2) is 22.5 Å². The number of nitro groups is 1. The molecule has 3 aromatic rings. The molecule has 1 aromatic heterocycles. The van der Waals surface area contributed by atoms with Crippen LogP contribution in [0.25, 0.3) is 0 Å². The third-order valence-corrected chi connectivity index (χ3v) is 4.41. The first-order valence-electron chi connectivity index (χ1n) is 8.46. The van der Waals surface area contributed by atoms with E-state index in [1.165, 1.54) is 48.2 Å². The number of non-ortho nitro benzene ring substituents is 1. The molecule has 2 aromatic carbocycles. The molecule has 0 unspecified atom stereocenters. The van der Waals surface area contributed by atoms with E-state index in [1.54, 1.807) is 24.3 Å². The van der Waals surface area contributed by atoms with Gasteiger partial charge in [-0.15, -0.1) is 0 Å². The summed E-state index contributed by atoms with van der Waals surface area (Å²) < 4.78 is 6.53. The van der Waals surface area contributed by atoms with Crippen molar-refractivity contribution in [3.63, 3.8) is 0 Å². The van der Waals surface area contributed by atoms with Gasteiger partial charge in [0.25, 0.3) is 17.2 Å². The number of nitrogens with one attached hydrogen (secondary N) is 1. The van der Waals surface area contributed by atoms with Crippen molar-refractivity contribution in [3.05, 3.63) is 97.4 Å². The van der Waals surface area contributed by atoms with Crippen LogP contribution in [0.1, 0.15) is 15.9 Å². The van der Waals surface area contributed by atoms with E-state index in [1.807, 2.05) is 0 Å². The largest absolute Gasteiger partial charge is 0.494 e. The molecule has 0 saturated heterocycles. The summed E-state index contributed by atoms with van der Waals surface area (Å²) in [7, 11) is 1.35. The Kier molecular flexibility index (Phi) is 5.94. The molecule has 0 aliphatic heterocycles. The van der Waals surface area contributed by atoms with Crippen LogP contribution in [0, 0.1) is 10.1 Å². The molecule has 1 amide bonds. The molecule has 0 fully saturated rings. The van der Waals surface area contributed by atoms with Crippen molar-refractivity contribution in [1.82, 2.24) is 4.57 Å². The zero-order valence-corrected chi connectivity index (χ0v) is 16.1. The van der Waals surface area contributed by atoms with E-state index in [2.05, 4.69) is 5.32 Å². The summed E-state index contributed by atoms with van der Waals surface area (Å²) in [5, 5.41) is 14.1. The van der Waals surface area contributed by atoms with Crippen molar-refractivity contribution in [1.29, 1.82) is 0 Å². The second kappa shape index (κ2) is 8.57. The van der Waals surface area contributed by atoms with Crippen LogP contribution in [0.3, 0.4) is 0 Å². The maximum absolute atomic E-state index is 12.6. The summed E-state index contributed by atoms with van der Waals surface area (Å²) in [4.78, 5) is 35.1. The Hall–Kier alpha value is -3.65. The van der Waals surface area contributed by atoms with Crippen LogP contribution in [-0.2, 0) is 6.54 Å². The molecule has 148 valence electrons. The molecule has 29 heavy (non-hydrogen) atoms. The van der Waals surface area contributed by atoms with Gasteiger partial charge in [-0.2, -0.15) is 0 Å². The van der Waals surface area contributed by atoms with Gasteiger partial charge in [-0.1, -0.05) is 23.7 Å². The number of amides is 1. The quantitative estimate of drug-likeness (QED) is 0.490. The number of benzene rings is 2. The van der Waals surface area contributed by atoms with E-state index in [4.69, 9.17) is 16.3 Å². The van der Waals surface area contributed by atoms with Crippen LogP contribution in [0.2, 0.25) is 5.02 Å². The lowest BCUT2D eigenvalue weighted by molar-refractivity contribution is -0.384. The highest BCUT2D eigenvalue weighted by Crippen LogP contribution is 2.29. The van der Waals surface area contributed by atoms with Gasteiger partial charge >= 0.3 is 0 Å². The Morgan fingerprint density at radius 3 is 2.55 bits per heavy atom. The molecule has 0 atom stereocenters. The fraction of sp³-hybridized carbons (Fsp3) is 0.100. The summed E-state index contributed by atoms with van der Waals surface area (Å²) in [6.07, 6.45) is 1.45. The third-order valence-electron chi connectivity index (χ3n) is 4.16.